The molecule has 0 fully saturated rings. The fourth-order valence-corrected chi connectivity index (χ4v) is 4.42. The van der Waals surface area contributed by atoms with Crippen molar-refractivity contribution in [1.82, 2.24) is 4.90 Å². The van der Waals surface area contributed by atoms with E-state index >= 15 is 0 Å². The highest BCUT2D eigenvalue weighted by Gasteiger charge is 2.37. The van der Waals surface area contributed by atoms with Crippen molar-refractivity contribution in [2.45, 2.75) is 16.2 Å². The second-order valence-corrected chi connectivity index (χ2v) is 8.07. The van der Waals surface area contributed by atoms with Gasteiger partial charge in [0.1, 0.15) is 17.6 Å². The average molecular weight is 403 g/mol. The maximum Gasteiger partial charge on any atom is 0.257 e. The van der Waals surface area contributed by atoms with Gasteiger partial charge in [-0.05, 0) is 50.0 Å². The molecule has 1 aliphatic rings. The lowest BCUT2D eigenvalue weighted by molar-refractivity contribution is -0.126. The van der Waals surface area contributed by atoms with Gasteiger partial charge >= 0.3 is 0 Å². The van der Waals surface area contributed by atoms with Crippen molar-refractivity contribution in [1.29, 1.82) is 0 Å². The first-order chi connectivity index (χ1) is 13.4. The van der Waals surface area contributed by atoms with Gasteiger partial charge in [-0.2, -0.15) is 0 Å². The topological polar surface area (TPSA) is 62.2 Å². The van der Waals surface area contributed by atoms with Crippen LogP contribution in [0.1, 0.15) is 10.8 Å². The summed E-state index contributed by atoms with van der Waals surface area (Å²) in [5, 5.41) is 10.5. The minimum absolute atomic E-state index is 0.293. The predicted octanol–water partition coefficient (Wildman–Crippen LogP) is 2.81. The number of methoxy groups -OCH3 is 2. The number of hydrogen-bond acceptors (Lipinski definition) is 6. The Morgan fingerprint density at radius 2 is 1.71 bits per heavy atom. The minimum atomic E-state index is -1.15. The second-order valence-electron chi connectivity index (χ2n) is 6.88. The first-order valence-corrected chi connectivity index (χ1v) is 9.95. The smallest absolute Gasteiger partial charge is 0.257 e. The monoisotopic (exact) mass is 402 g/mol. The van der Waals surface area contributed by atoms with Crippen molar-refractivity contribution in [3.63, 3.8) is 0 Å². The highest BCUT2D eigenvalue weighted by atomic mass is 32.2. The van der Waals surface area contributed by atoms with E-state index in [0.29, 0.717) is 13.1 Å². The third-order valence-electron chi connectivity index (χ3n) is 4.73. The molecule has 28 heavy (non-hydrogen) atoms. The number of carbonyl (C=O) groups excluding carboxylic acids is 1. The van der Waals surface area contributed by atoms with Gasteiger partial charge in [0.25, 0.3) is 5.91 Å². The van der Waals surface area contributed by atoms with Gasteiger partial charge < -0.3 is 24.4 Å². The normalized spacial score (nSPS) is 19.4. The number of rotatable bonds is 6. The molecule has 0 unspecified atom stereocenters. The summed E-state index contributed by atoms with van der Waals surface area (Å²) in [4.78, 5) is 17.8. The number of thioether (sulfide) groups is 1. The van der Waals surface area contributed by atoms with Gasteiger partial charge in [0.15, 0.2) is 0 Å². The lowest BCUT2D eigenvalue weighted by atomic mass is 10.1. The number of hydrogen-bond donors (Lipinski definition) is 1. The Morgan fingerprint density at radius 3 is 2.32 bits per heavy atom. The summed E-state index contributed by atoms with van der Waals surface area (Å²) >= 11 is 1.48. The van der Waals surface area contributed by atoms with E-state index in [2.05, 4.69) is 0 Å². The van der Waals surface area contributed by atoms with Crippen LogP contribution in [0.25, 0.3) is 0 Å². The first kappa shape index (κ1) is 20.5. The first-order valence-electron chi connectivity index (χ1n) is 9.07. The molecule has 2 atom stereocenters. The molecule has 0 aromatic heterocycles. The third kappa shape index (κ3) is 4.27. The molecule has 2 aromatic rings. The van der Waals surface area contributed by atoms with Crippen molar-refractivity contribution < 1.29 is 19.4 Å². The fraction of sp³-hybridized carbons (Fsp3) is 0.381. The molecule has 3 rings (SSSR count). The molecule has 1 N–H and O–H groups in total. The standard InChI is InChI=1S/C21H26N2O4S/c1-22(2)11-12-23-17-10-9-16(27-4)13-18(17)28-20(19(24)21(23)25)14-5-7-15(26-3)8-6-14/h5-10,13,19-20,24H,11-12H2,1-4H3/t19-,20+/m1/s1. The van der Waals surface area contributed by atoms with Crippen LogP contribution in [0.15, 0.2) is 47.4 Å². The number of amides is 1. The van der Waals surface area contributed by atoms with Crippen LogP contribution in [0.5, 0.6) is 11.5 Å². The van der Waals surface area contributed by atoms with Crippen molar-refractivity contribution in [2.24, 2.45) is 0 Å². The Morgan fingerprint density at radius 1 is 1.07 bits per heavy atom. The zero-order valence-electron chi connectivity index (χ0n) is 16.6. The van der Waals surface area contributed by atoms with Gasteiger partial charge in [0.05, 0.1) is 25.2 Å². The lowest BCUT2D eigenvalue weighted by Gasteiger charge is -2.26. The van der Waals surface area contributed by atoms with E-state index in [1.807, 2.05) is 61.5 Å². The number of fused-ring (bicyclic) bond motifs is 1. The van der Waals surface area contributed by atoms with Crippen molar-refractivity contribution in [3.05, 3.63) is 48.0 Å². The molecule has 1 heterocycles. The molecule has 0 bridgehead atoms. The molecule has 0 saturated heterocycles. The zero-order valence-corrected chi connectivity index (χ0v) is 17.4. The third-order valence-corrected chi connectivity index (χ3v) is 6.10. The molecular formula is C21H26N2O4S. The number of anilines is 1. The summed E-state index contributed by atoms with van der Waals surface area (Å²) < 4.78 is 10.6. The molecule has 150 valence electrons. The van der Waals surface area contributed by atoms with E-state index < -0.39 is 11.4 Å². The van der Waals surface area contributed by atoms with Crippen molar-refractivity contribution >= 4 is 23.4 Å². The molecular weight excluding hydrogens is 376 g/mol. The zero-order chi connectivity index (χ0) is 20.3. The summed E-state index contributed by atoms with van der Waals surface area (Å²) in [5.74, 6) is 1.16. The number of carbonyl (C=O) groups is 1. The molecule has 0 radical (unpaired) electrons. The molecule has 7 heteroatoms. The number of ether oxygens (including phenoxy) is 2. The summed E-state index contributed by atoms with van der Waals surface area (Å²) in [7, 11) is 7.15. The molecule has 0 aliphatic carbocycles. The van der Waals surface area contributed by atoms with Crippen molar-refractivity contribution in [3.8, 4) is 11.5 Å². The summed E-state index contributed by atoms with van der Waals surface area (Å²) in [6.45, 7) is 1.19. The molecule has 0 spiro atoms. The highest BCUT2D eigenvalue weighted by molar-refractivity contribution is 7.99. The Hall–Kier alpha value is -2.22. The van der Waals surface area contributed by atoms with E-state index in [9.17, 15) is 9.90 Å². The van der Waals surface area contributed by atoms with E-state index in [-0.39, 0.29) is 5.91 Å². The molecule has 2 aromatic carbocycles. The van der Waals surface area contributed by atoms with Crippen LogP contribution in [0.2, 0.25) is 0 Å². The van der Waals surface area contributed by atoms with Crippen molar-refractivity contribution in [2.75, 3.05) is 46.3 Å². The van der Waals surface area contributed by atoms with Gasteiger partial charge in [-0.25, -0.2) is 0 Å². The highest BCUT2D eigenvalue weighted by Crippen LogP contribution is 2.47. The number of aliphatic hydroxyl groups excluding tert-OH is 1. The van der Waals surface area contributed by atoms with Gasteiger partial charge in [0.2, 0.25) is 0 Å². The Kier molecular flexibility index (Phi) is 6.49. The van der Waals surface area contributed by atoms with Crippen LogP contribution in [0.4, 0.5) is 5.69 Å². The maximum absolute atomic E-state index is 13.2. The van der Waals surface area contributed by atoms with E-state index in [0.717, 1.165) is 27.6 Å². The van der Waals surface area contributed by atoms with Crippen LogP contribution < -0.4 is 14.4 Å². The number of benzene rings is 2. The molecule has 1 aliphatic heterocycles. The summed E-state index contributed by atoms with van der Waals surface area (Å²) in [5.41, 5.74) is 1.67. The van der Waals surface area contributed by atoms with E-state index in [1.165, 1.54) is 11.8 Å². The SMILES string of the molecule is COc1ccc([C@@H]2Sc3cc(OC)ccc3N(CCN(C)C)C(=O)[C@@H]2O)cc1. The maximum atomic E-state index is 13.2. The average Bonchev–Trinajstić information content (AvgIpc) is 2.81. The fourth-order valence-electron chi connectivity index (χ4n) is 3.12. The second kappa shape index (κ2) is 8.86. The summed E-state index contributed by atoms with van der Waals surface area (Å²) in [6, 6.07) is 13.1. The molecule has 6 nitrogen and oxygen atoms in total. The van der Waals surface area contributed by atoms with Gasteiger partial charge in [-0.3, -0.25) is 4.79 Å². The van der Waals surface area contributed by atoms with Crippen LogP contribution in [-0.2, 0) is 4.79 Å². The molecule has 1 amide bonds. The largest absolute Gasteiger partial charge is 0.497 e. The van der Waals surface area contributed by atoms with E-state index in [4.69, 9.17) is 9.47 Å². The lowest BCUT2D eigenvalue weighted by Crippen LogP contribution is -2.43. The van der Waals surface area contributed by atoms with Crippen LogP contribution in [0.3, 0.4) is 0 Å². The van der Waals surface area contributed by atoms with E-state index in [1.54, 1.807) is 19.1 Å². The minimum Gasteiger partial charge on any atom is -0.497 e. The van der Waals surface area contributed by atoms with Crippen LogP contribution >= 0.6 is 11.8 Å². The van der Waals surface area contributed by atoms with Gasteiger partial charge in [0, 0.05) is 18.0 Å². The van der Waals surface area contributed by atoms with Crippen LogP contribution in [0, 0.1) is 0 Å². The Labute approximate surface area is 170 Å². The predicted molar refractivity (Wildman–Crippen MR) is 111 cm³/mol. The quantitative estimate of drug-likeness (QED) is 0.802. The van der Waals surface area contributed by atoms with Gasteiger partial charge in [-0.15, -0.1) is 11.8 Å². The van der Waals surface area contributed by atoms with Crippen LogP contribution in [-0.4, -0.2) is 63.4 Å². The number of nitrogens with zero attached hydrogens (tertiary/aromatic N) is 2. The van der Waals surface area contributed by atoms with Gasteiger partial charge in [-0.1, -0.05) is 12.1 Å². The Bertz CT molecular complexity index is 826. The number of likely N-dealkylation sites (N-methyl/N-ethyl adjacent to an activating group) is 1. The summed E-state index contributed by atoms with van der Waals surface area (Å²) in [6.07, 6.45) is -1.15. The molecule has 0 saturated carbocycles. The number of aliphatic hydroxyl groups is 1. The Balaban J connectivity index is 2.02.